The highest BCUT2D eigenvalue weighted by Gasteiger charge is 2.17. The van der Waals surface area contributed by atoms with Gasteiger partial charge in [0.15, 0.2) is 22.1 Å². The first-order valence-electron chi connectivity index (χ1n) is 8.58. The standard InChI is InChI=1S/C18H23ClN6OS/c1-11-8-12(19)4-5-13(11)27-17-24-14-15(20)22-10-23-16(14)25(17)7-6-21-9-18(2,3)26/h4-5,8,10,21,26H,6-7,9H2,1-3H3,(H2,20,22,23). The molecule has 3 aromatic rings. The predicted octanol–water partition coefficient (Wildman–Crippen LogP) is 2.88. The molecule has 0 saturated carbocycles. The molecular formula is C18H23ClN6OS. The predicted molar refractivity (Wildman–Crippen MR) is 109 cm³/mol. The van der Waals surface area contributed by atoms with Gasteiger partial charge in [-0.2, -0.15) is 0 Å². The Morgan fingerprint density at radius 3 is 2.81 bits per heavy atom. The van der Waals surface area contributed by atoms with Crippen LogP contribution < -0.4 is 11.1 Å². The second kappa shape index (κ2) is 8.02. The molecule has 1 aromatic carbocycles. The zero-order valence-electron chi connectivity index (χ0n) is 15.5. The maximum Gasteiger partial charge on any atom is 0.175 e. The van der Waals surface area contributed by atoms with Gasteiger partial charge in [0, 0.05) is 29.6 Å². The summed E-state index contributed by atoms with van der Waals surface area (Å²) in [6.07, 6.45) is 1.45. The highest BCUT2D eigenvalue weighted by molar-refractivity contribution is 7.99. The van der Waals surface area contributed by atoms with Gasteiger partial charge >= 0.3 is 0 Å². The Labute approximate surface area is 167 Å². The zero-order valence-corrected chi connectivity index (χ0v) is 17.1. The number of aromatic nitrogens is 4. The second-order valence-corrected chi connectivity index (χ2v) is 8.42. The summed E-state index contributed by atoms with van der Waals surface area (Å²) >= 11 is 7.60. The van der Waals surface area contributed by atoms with E-state index in [1.54, 1.807) is 25.6 Å². The van der Waals surface area contributed by atoms with E-state index >= 15 is 0 Å². The lowest BCUT2D eigenvalue weighted by molar-refractivity contribution is 0.0797. The van der Waals surface area contributed by atoms with Crippen molar-refractivity contribution in [1.29, 1.82) is 0 Å². The third-order valence-corrected chi connectivity index (χ3v) is 5.34. The summed E-state index contributed by atoms with van der Waals surface area (Å²) in [6, 6.07) is 5.77. The number of rotatable bonds is 7. The van der Waals surface area contributed by atoms with Gasteiger partial charge in [-0.15, -0.1) is 0 Å². The Bertz CT molecular complexity index is 953. The Balaban J connectivity index is 1.90. The number of aliphatic hydroxyl groups is 1. The number of anilines is 1. The van der Waals surface area contributed by atoms with E-state index < -0.39 is 5.60 Å². The number of nitrogens with zero attached hydrogens (tertiary/aromatic N) is 4. The van der Waals surface area contributed by atoms with Gasteiger partial charge in [0.05, 0.1) is 5.60 Å². The average molecular weight is 407 g/mol. The van der Waals surface area contributed by atoms with E-state index in [0.717, 1.165) is 15.6 Å². The van der Waals surface area contributed by atoms with Crippen LogP contribution in [0.2, 0.25) is 5.02 Å². The molecule has 144 valence electrons. The lowest BCUT2D eigenvalue weighted by Crippen LogP contribution is -2.36. The van der Waals surface area contributed by atoms with Gasteiger partial charge in [0.25, 0.3) is 0 Å². The summed E-state index contributed by atoms with van der Waals surface area (Å²) in [6.45, 7) is 7.34. The number of hydrogen-bond acceptors (Lipinski definition) is 7. The van der Waals surface area contributed by atoms with Crippen molar-refractivity contribution < 1.29 is 5.11 Å². The molecule has 0 atom stereocenters. The molecule has 0 saturated heterocycles. The first-order valence-corrected chi connectivity index (χ1v) is 9.78. The van der Waals surface area contributed by atoms with Gasteiger partial charge in [-0.25, -0.2) is 15.0 Å². The monoisotopic (exact) mass is 406 g/mol. The Hall–Kier alpha value is -1.87. The Morgan fingerprint density at radius 2 is 2.11 bits per heavy atom. The average Bonchev–Trinajstić information content (AvgIpc) is 2.92. The Kier molecular flexibility index (Phi) is 5.90. The molecule has 2 heterocycles. The fourth-order valence-electron chi connectivity index (χ4n) is 2.62. The molecule has 2 aromatic heterocycles. The molecule has 0 spiro atoms. The quantitative estimate of drug-likeness (QED) is 0.518. The number of benzene rings is 1. The van der Waals surface area contributed by atoms with E-state index in [1.165, 1.54) is 6.33 Å². The second-order valence-electron chi connectivity index (χ2n) is 6.98. The summed E-state index contributed by atoms with van der Waals surface area (Å²) in [7, 11) is 0. The molecule has 4 N–H and O–H groups in total. The smallest absolute Gasteiger partial charge is 0.175 e. The van der Waals surface area contributed by atoms with Gasteiger partial charge in [0.1, 0.15) is 6.33 Å². The van der Waals surface area contributed by atoms with Crippen molar-refractivity contribution >= 4 is 40.3 Å². The summed E-state index contributed by atoms with van der Waals surface area (Å²) in [5, 5.41) is 14.6. The SMILES string of the molecule is Cc1cc(Cl)ccc1Sc1nc2c(N)ncnc2n1CCNCC(C)(C)O. The maximum atomic E-state index is 9.85. The van der Waals surface area contributed by atoms with Crippen molar-refractivity contribution in [3.05, 3.63) is 35.1 Å². The van der Waals surface area contributed by atoms with E-state index in [9.17, 15) is 5.11 Å². The highest BCUT2D eigenvalue weighted by atomic mass is 35.5. The normalized spacial score (nSPS) is 12.0. The van der Waals surface area contributed by atoms with Crippen LogP contribution in [0.15, 0.2) is 34.6 Å². The molecule has 7 nitrogen and oxygen atoms in total. The van der Waals surface area contributed by atoms with E-state index in [0.29, 0.717) is 41.6 Å². The van der Waals surface area contributed by atoms with Crippen molar-refractivity contribution in [2.24, 2.45) is 0 Å². The van der Waals surface area contributed by atoms with Gasteiger partial charge in [0.2, 0.25) is 0 Å². The van der Waals surface area contributed by atoms with Gasteiger partial charge in [-0.05, 0) is 44.5 Å². The van der Waals surface area contributed by atoms with Crippen LogP contribution in [0.3, 0.4) is 0 Å². The van der Waals surface area contributed by atoms with Crippen LogP contribution >= 0.6 is 23.4 Å². The lowest BCUT2D eigenvalue weighted by Gasteiger charge is -2.18. The molecule has 0 amide bonds. The molecule has 0 radical (unpaired) electrons. The topological polar surface area (TPSA) is 102 Å². The summed E-state index contributed by atoms with van der Waals surface area (Å²) in [4.78, 5) is 14.1. The zero-order chi connectivity index (χ0) is 19.6. The van der Waals surface area contributed by atoms with Gasteiger partial charge in [-0.1, -0.05) is 23.4 Å². The third-order valence-electron chi connectivity index (χ3n) is 3.93. The van der Waals surface area contributed by atoms with Crippen molar-refractivity contribution in [3.8, 4) is 0 Å². The van der Waals surface area contributed by atoms with E-state index in [2.05, 4.69) is 20.3 Å². The lowest BCUT2D eigenvalue weighted by atomic mass is 10.1. The summed E-state index contributed by atoms with van der Waals surface area (Å²) in [5.74, 6) is 0.359. The minimum atomic E-state index is -0.762. The number of aryl methyl sites for hydroxylation is 1. The molecule has 27 heavy (non-hydrogen) atoms. The van der Waals surface area contributed by atoms with E-state index in [4.69, 9.17) is 17.3 Å². The Morgan fingerprint density at radius 1 is 1.33 bits per heavy atom. The van der Waals surface area contributed by atoms with Gasteiger partial charge < -0.3 is 20.7 Å². The van der Waals surface area contributed by atoms with Crippen molar-refractivity contribution in [2.75, 3.05) is 18.8 Å². The number of imidazole rings is 1. The van der Waals surface area contributed by atoms with Crippen LogP contribution in [-0.4, -0.2) is 43.3 Å². The van der Waals surface area contributed by atoms with E-state index in [1.807, 2.05) is 29.7 Å². The molecule has 0 aliphatic rings. The number of nitrogens with two attached hydrogens (primary N) is 1. The first kappa shape index (κ1) is 19.9. The molecule has 0 bridgehead atoms. The number of halogens is 1. The fraction of sp³-hybridized carbons (Fsp3) is 0.389. The van der Waals surface area contributed by atoms with E-state index in [-0.39, 0.29) is 0 Å². The highest BCUT2D eigenvalue weighted by Crippen LogP contribution is 2.33. The summed E-state index contributed by atoms with van der Waals surface area (Å²) < 4.78 is 2.02. The van der Waals surface area contributed by atoms with Crippen molar-refractivity contribution in [2.45, 2.75) is 43.0 Å². The first-order chi connectivity index (χ1) is 12.7. The molecule has 0 fully saturated rings. The number of fused-ring (bicyclic) bond motifs is 1. The molecule has 9 heteroatoms. The summed E-state index contributed by atoms with van der Waals surface area (Å²) in [5.41, 5.74) is 7.59. The van der Waals surface area contributed by atoms with Crippen LogP contribution in [-0.2, 0) is 6.54 Å². The minimum absolute atomic E-state index is 0.359. The number of hydrogen-bond donors (Lipinski definition) is 3. The molecule has 0 unspecified atom stereocenters. The van der Waals surface area contributed by atoms with Crippen molar-refractivity contribution in [1.82, 2.24) is 24.8 Å². The molecule has 0 aliphatic heterocycles. The largest absolute Gasteiger partial charge is 0.389 e. The fourth-order valence-corrected chi connectivity index (χ4v) is 3.83. The van der Waals surface area contributed by atoms with Crippen LogP contribution in [0.1, 0.15) is 19.4 Å². The maximum absolute atomic E-state index is 9.85. The van der Waals surface area contributed by atoms with Gasteiger partial charge in [-0.3, -0.25) is 0 Å². The molecule has 0 aliphatic carbocycles. The van der Waals surface area contributed by atoms with Crippen LogP contribution in [0, 0.1) is 6.92 Å². The molecular weight excluding hydrogens is 384 g/mol. The van der Waals surface area contributed by atoms with Crippen LogP contribution in [0.5, 0.6) is 0 Å². The minimum Gasteiger partial charge on any atom is -0.389 e. The molecule has 3 rings (SSSR count). The van der Waals surface area contributed by atoms with Crippen molar-refractivity contribution in [3.63, 3.8) is 0 Å². The van der Waals surface area contributed by atoms with Crippen LogP contribution in [0.25, 0.3) is 11.2 Å². The number of nitrogen functional groups attached to an aromatic ring is 1. The van der Waals surface area contributed by atoms with Crippen LogP contribution in [0.4, 0.5) is 5.82 Å². The third kappa shape index (κ3) is 4.90. The number of nitrogens with one attached hydrogen (secondary N) is 1.